The first-order chi connectivity index (χ1) is 9.97. The summed E-state index contributed by atoms with van der Waals surface area (Å²) in [5.41, 5.74) is 0.526. The molecule has 0 spiro atoms. The first kappa shape index (κ1) is 15.2. The topological polar surface area (TPSA) is 49.4 Å². The van der Waals surface area contributed by atoms with Gasteiger partial charge in [-0.15, -0.1) is 0 Å². The van der Waals surface area contributed by atoms with E-state index < -0.39 is 15.8 Å². The van der Waals surface area contributed by atoms with E-state index >= 15 is 0 Å². The van der Waals surface area contributed by atoms with E-state index in [1.807, 2.05) is 0 Å². The zero-order valence-corrected chi connectivity index (χ0v) is 13.1. The highest BCUT2D eigenvalue weighted by Gasteiger charge is 2.42. The quantitative estimate of drug-likeness (QED) is 0.898. The molecule has 1 aromatic carbocycles. The predicted octanol–water partition coefficient (Wildman–Crippen LogP) is 2.14. The molecule has 2 aliphatic rings. The number of rotatable bonds is 5. The first-order valence-corrected chi connectivity index (χ1v) is 9.12. The zero-order valence-electron chi connectivity index (χ0n) is 11.6. The Labute approximate surface area is 129 Å². The lowest BCUT2D eigenvalue weighted by Crippen LogP contribution is -2.43. The number of benzene rings is 1. The van der Waals surface area contributed by atoms with E-state index in [1.165, 1.54) is 18.2 Å². The number of halogens is 2. The molecule has 21 heavy (non-hydrogen) atoms. The maximum Gasteiger partial charge on any atom is 0.218 e. The molecule has 1 saturated carbocycles. The van der Waals surface area contributed by atoms with Gasteiger partial charge in [0.2, 0.25) is 10.0 Å². The van der Waals surface area contributed by atoms with E-state index in [0.717, 1.165) is 25.8 Å². The fraction of sp³-hybridized carbons (Fsp3) is 0.571. The van der Waals surface area contributed by atoms with Crippen molar-refractivity contribution in [1.82, 2.24) is 9.62 Å². The van der Waals surface area contributed by atoms with E-state index in [-0.39, 0.29) is 22.9 Å². The van der Waals surface area contributed by atoms with Crippen LogP contribution in [0.15, 0.2) is 18.2 Å². The molecule has 0 bridgehead atoms. The van der Waals surface area contributed by atoms with Crippen molar-refractivity contribution < 1.29 is 12.8 Å². The van der Waals surface area contributed by atoms with Crippen LogP contribution >= 0.6 is 11.6 Å². The third-order valence-corrected chi connectivity index (χ3v) is 6.18. The van der Waals surface area contributed by atoms with Gasteiger partial charge in [-0.05, 0) is 43.5 Å². The Hall–Kier alpha value is -0.690. The summed E-state index contributed by atoms with van der Waals surface area (Å²) in [4.78, 5) is 0. The third kappa shape index (κ3) is 3.39. The Morgan fingerprint density at radius 2 is 2.05 bits per heavy atom. The van der Waals surface area contributed by atoms with Crippen molar-refractivity contribution in [1.29, 1.82) is 0 Å². The van der Waals surface area contributed by atoms with Crippen LogP contribution in [0.4, 0.5) is 4.39 Å². The lowest BCUT2D eigenvalue weighted by Gasteiger charge is -2.27. The van der Waals surface area contributed by atoms with Gasteiger partial charge >= 0.3 is 0 Å². The molecule has 1 atom stereocenters. The largest absolute Gasteiger partial charge is 0.315 e. The van der Waals surface area contributed by atoms with E-state index in [2.05, 4.69) is 5.32 Å². The molecule has 1 unspecified atom stereocenters. The van der Waals surface area contributed by atoms with Gasteiger partial charge in [0.1, 0.15) is 5.82 Å². The van der Waals surface area contributed by atoms with Crippen LogP contribution in [0.2, 0.25) is 5.02 Å². The lowest BCUT2D eigenvalue weighted by molar-refractivity contribution is 0.326. The summed E-state index contributed by atoms with van der Waals surface area (Å²) in [7, 11) is -3.41. The SMILES string of the molecule is O=S(=O)(Cc1ccc(F)c(Cl)c1)N(C1CC1)C1CCNC1. The molecule has 1 saturated heterocycles. The Balaban J connectivity index is 1.82. The standard InChI is InChI=1S/C14H18ClFN2O2S/c15-13-7-10(1-4-14(13)16)9-21(19,20)18(11-2-3-11)12-5-6-17-8-12/h1,4,7,11-12,17H,2-3,5-6,8-9H2. The minimum Gasteiger partial charge on any atom is -0.315 e. The van der Waals surface area contributed by atoms with Crippen LogP contribution in [0.1, 0.15) is 24.8 Å². The Morgan fingerprint density at radius 1 is 1.29 bits per heavy atom. The maximum atomic E-state index is 13.2. The third-order valence-electron chi connectivity index (χ3n) is 3.96. The van der Waals surface area contributed by atoms with Gasteiger partial charge in [0, 0.05) is 18.6 Å². The summed E-state index contributed by atoms with van der Waals surface area (Å²) in [5, 5.41) is 3.17. The van der Waals surface area contributed by atoms with Crippen LogP contribution in [-0.2, 0) is 15.8 Å². The molecule has 1 aliphatic carbocycles. The second kappa shape index (κ2) is 5.83. The minimum atomic E-state index is -3.41. The van der Waals surface area contributed by atoms with Gasteiger partial charge < -0.3 is 5.32 Å². The highest BCUT2D eigenvalue weighted by molar-refractivity contribution is 7.88. The molecule has 1 heterocycles. The second-order valence-electron chi connectivity index (χ2n) is 5.71. The fourth-order valence-corrected chi connectivity index (χ4v) is 5.10. The minimum absolute atomic E-state index is 0.0387. The maximum absolute atomic E-state index is 13.2. The monoisotopic (exact) mass is 332 g/mol. The summed E-state index contributed by atoms with van der Waals surface area (Å²) in [5.74, 6) is -0.656. The average molecular weight is 333 g/mol. The van der Waals surface area contributed by atoms with Crippen molar-refractivity contribution in [2.45, 2.75) is 37.1 Å². The van der Waals surface area contributed by atoms with E-state index in [0.29, 0.717) is 12.1 Å². The number of nitrogens with one attached hydrogen (secondary N) is 1. The van der Waals surface area contributed by atoms with E-state index in [4.69, 9.17) is 11.6 Å². The number of sulfonamides is 1. The fourth-order valence-electron chi connectivity index (χ4n) is 2.85. The molecule has 2 fully saturated rings. The normalized spacial score (nSPS) is 22.9. The smallest absolute Gasteiger partial charge is 0.218 e. The molecule has 0 radical (unpaired) electrons. The van der Waals surface area contributed by atoms with Gasteiger partial charge in [0.25, 0.3) is 0 Å². The highest BCUT2D eigenvalue weighted by atomic mass is 35.5. The van der Waals surface area contributed by atoms with Gasteiger partial charge in [-0.25, -0.2) is 12.8 Å². The zero-order chi connectivity index (χ0) is 15.0. The summed E-state index contributed by atoms with van der Waals surface area (Å²) in [6.45, 7) is 1.56. The van der Waals surface area contributed by atoms with Crippen LogP contribution in [0.3, 0.4) is 0 Å². The van der Waals surface area contributed by atoms with Crippen molar-refractivity contribution in [3.8, 4) is 0 Å². The predicted molar refractivity (Wildman–Crippen MR) is 80.2 cm³/mol. The van der Waals surface area contributed by atoms with Crippen LogP contribution in [0.25, 0.3) is 0 Å². The number of hydrogen-bond acceptors (Lipinski definition) is 3. The average Bonchev–Trinajstić information content (AvgIpc) is 3.08. The molecular formula is C14H18ClFN2O2S. The van der Waals surface area contributed by atoms with Crippen molar-refractivity contribution in [2.24, 2.45) is 0 Å². The Morgan fingerprint density at radius 3 is 2.62 bits per heavy atom. The highest BCUT2D eigenvalue weighted by Crippen LogP contribution is 2.34. The van der Waals surface area contributed by atoms with Crippen molar-refractivity contribution >= 4 is 21.6 Å². The van der Waals surface area contributed by atoms with E-state index in [1.54, 1.807) is 4.31 Å². The molecule has 0 aromatic heterocycles. The molecule has 0 amide bonds. The van der Waals surface area contributed by atoms with Gasteiger partial charge in [0.15, 0.2) is 0 Å². The van der Waals surface area contributed by atoms with Crippen LogP contribution in [-0.4, -0.2) is 37.9 Å². The van der Waals surface area contributed by atoms with Gasteiger partial charge in [-0.3, -0.25) is 0 Å². The van der Waals surface area contributed by atoms with Crippen LogP contribution in [0.5, 0.6) is 0 Å². The van der Waals surface area contributed by atoms with Gasteiger partial charge in [0.05, 0.1) is 10.8 Å². The van der Waals surface area contributed by atoms with Crippen molar-refractivity contribution in [2.75, 3.05) is 13.1 Å². The van der Waals surface area contributed by atoms with Gasteiger partial charge in [-0.1, -0.05) is 17.7 Å². The molecule has 3 rings (SSSR count). The number of hydrogen-bond donors (Lipinski definition) is 1. The number of nitrogens with zero attached hydrogens (tertiary/aromatic N) is 1. The molecule has 4 nitrogen and oxygen atoms in total. The van der Waals surface area contributed by atoms with Crippen molar-refractivity contribution in [3.63, 3.8) is 0 Å². The van der Waals surface area contributed by atoms with E-state index in [9.17, 15) is 12.8 Å². The lowest BCUT2D eigenvalue weighted by atomic mass is 10.2. The summed E-state index contributed by atoms with van der Waals surface area (Å²) < 4.78 is 40.3. The second-order valence-corrected chi connectivity index (χ2v) is 7.99. The molecular weight excluding hydrogens is 315 g/mol. The summed E-state index contributed by atoms with van der Waals surface area (Å²) >= 11 is 5.73. The first-order valence-electron chi connectivity index (χ1n) is 7.13. The molecule has 1 N–H and O–H groups in total. The molecule has 7 heteroatoms. The molecule has 116 valence electrons. The molecule has 1 aliphatic heterocycles. The Bertz CT molecular complexity index is 628. The van der Waals surface area contributed by atoms with Gasteiger partial charge in [-0.2, -0.15) is 4.31 Å². The summed E-state index contributed by atoms with van der Waals surface area (Å²) in [6, 6.07) is 4.27. The molecule has 1 aromatic rings. The Kier molecular flexibility index (Phi) is 4.23. The summed E-state index contributed by atoms with van der Waals surface area (Å²) in [6.07, 6.45) is 2.71. The van der Waals surface area contributed by atoms with Crippen LogP contribution < -0.4 is 5.32 Å². The van der Waals surface area contributed by atoms with Crippen molar-refractivity contribution in [3.05, 3.63) is 34.6 Å². The van der Waals surface area contributed by atoms with Crippen LogP contribution in [0, 0.1) is 5.82 Å².